The fourth-order valence-electron chi connectivity index (χ4n) is 2.51. The molecule has 2 rings (SSSR count). The van der Waals surface area contributed by atoms with Gasteiger partial charge in [0.1, 0.15) is 11.5 Å². The average molecular weight is 343 g/mol. The minimum absolute atomic E-state index is 0.278. The molecule has 0 spiro atoms. The summed E-state index contributed by atoms with van der Waals surface area (Å²) in [6.45, 7) is 1.56. The molecule has 6 heteroatoms. The first-order chi connectivity index (χ1) is 12.0. The van der Waals surface area contributed by atoms with E-state index in [2.05, 4.69) is 5.32 Å². The predicted octanol–water partition coefficient (Wildman–Crippen LogP) is 2.90. The van der Waals surface area contributed by atoms with Gasteiger partial charge in [-0.15, -0.1) is 0 Å². The molecule has 0 saturated heterocycles. The lowest BCUT2D eigenvalue weighted by Crippen LogP contribution is -2.35. The third-order valence-corrected chi connectivity index (χ3v) is 3.99. The highest BCUT2D eigenvalue weighted by atomic mass is 16.5. The Labute approximate surface area is 146 Å². The average Bonchev–Trinajstić information content (AvgIpc) is 2.65. The van der Waals surface area contributed by atoms with Crippen molar-refractivity contribution < 1.29 is 24.2 Å². The Morgan fingerprint density at radius 1 is 1.04 bits per heavy atom. The number of hydrogen-bond donors (Lipinski definition) is 2. The quantitative estimate of drug-likeness (QED) is 0.807. The minimum atomic E-state index is -0.994. The molecule has 2 unspecified atom stereocenters. The summed E-state index contributed by atoms with van der Waals surface area (Å²) in [6, 6.07) is 13.2. The lowest BCUT2D eigenvalue weighted by molar-refractivity contribution is -0.142. The number of benzene rings is 2. The number of methoxy groups -OCH3 is 2. The van der Waals surface area contributed by atoms with Crippen molar-refractivity contribution in [2.24, 2.45) is 5.92 Å². The van der Waals surface area contributed by atoms with Crippen LogP contribution in [0, 0.1) is 5.92 Å². The Morgan fingerprint density at radius 3 is 2.28 bits per heavy atom. The highest BCUT2D eigenvalue weighted by Crippen LogP contribution is 2.27. The SMILES string of the molecule is COc1ccc(OC)c(C(=O)NC(c2ccccc2)C(C)C(=O)O)c1. The van der Waals surface area contributed by atoms with Crippen LogP contribution in [0.15, 0.2) is 48.5 Å². The second kappa shape index (κ2) is 8.19. The zero-order valence-corrected chi connectivity index (χ0v) is 14.4. The van der Waals surface area contributed by atoms with E-state index in [4.69, 9.17) is 9.47 Å². The van der Waals surface area contributed by atoms with Crippen molar-refractivity contribution in [3.8, 4) is 11.5 Å². The van der Waals surface area contributed by atoms with Crippen LogP contribution in [0.1, 0.15) is 28.9 Å². The topological polar surface area (TPSA) is 84.9 Å². The summed E-state index contributed by atoms with van der Waals surface area (Å²) in [4.78, 5) is 24.2. The second-order valence-corrected chi connectivity index (χ2v) is 5.55. The number of carbonyl (C=O) groups excluding carboxylic acids is 1. The number of carboxylic acid groups (broad SMARTS) is 1. The van der Waals surface area contributed by atoms with E-state index < -0.39 is 23.8 Å². The Hall–Kier alpha value is -3.02. The van der Waals surface area contributed by atoms with Crippen LogP contribution < -0.4 is 14.8 Å². The molecule has 2 atom stereocenters. The van der Waals surface area contributed by atoms with Crippen molar-refractivity contribution in [3.63, 3.8) is 0 Å². The molecule has 0 bridgehead atoms. The Bertz CT molecular complexity index is 745. The van der Waals surface area contributed by atoms with Crippen LogP contribution in [0.3, 0.4) is 0 Å². The number of aliphatic carboxylic acids is 1. The van der Waals surface area contributed by atoms with Gasteiger partial charge in [0, 0.05) is 0 Å². The van der Waals surface area contributed by atoms with Crippen molar-refractivity contribution in [3.05, 3.63) is 59.7 Å². The van der Waals surface area contributed by atoms with Crippen molar-refractivity contribution in [2.45, 2.75) is 13.0 Å². The summed E-state index contributed by atoms with van der Waals surface area (Å²) in [5, 5.41) is 12.2. The summed E-state index contributed by atoms with van der Waals surface area (Å²) in [6.07, 6.45) is 0. The molecule has 0 fully saturated rings. The molecule has 0 aliphatic rings. The fraction of sp³-hybridized carbons (Fsp3) is 0.263. The van der Waals surface area contributed by atoms with Gasteiger partial charge >= 0.3 is 5.97 Å². The predicted molar refractivity (Wildman–Crippen MR) is 93.0 cm³/mol. The summed E-state index contributed by atoms with van der Waals surface area (Å²) in [7, 11) is 2.97. The van der Waals surface area contributed by atoms with Crippen LogP contribution in [-0.4, -0.2) is 31.2 Å². The summed E-state index contributed by atoms with van der Waals surface area (Å²) < 4.78 is 10.4. The van der Waals surface area contributed by atoms with Gasteiger partial charge in [0.05, 0.1) is 31.7 Å². The maximum absolute atomic E-state index is 12.8. The van der Waals surface area contributed by atoms with Crippen LogP contribution in [0.4, 0.5) is 0 Å². The number of carbonyl (C=O) groups is 2. The first kappa shape index (κ1) is 18.3. The smallest absolute Gasteiger partial charge is 0.308 e. The second-order valence-electron chi connectivity index (χ2n) is 5.55. The van der Waals surface area contributed by atoms with Crippen LogP contribution >= 0.6 is 0 Å². The molecule has 2 N–H and O–H groups in total. The Morgan fingerprint density at radius 2 is 1.72 bits per heavy atom. The van der Waals surface area contributed by atoms with Gasteiger partial charge in [-0.25, -0.2) is 0 Å². The van der Waals surface area contributed by atoms with Gasteiger partial charge in [0.15, 0.2) is 0 Å². The number of hydrogen-bond acceptors (Lipinski definition) is 4. The molecule has 0 heterocycles. The molecule has 2 aromatic rings. The summed E-state index contributed by atoms with van der Waals surface area (Å²) in [5.74, 6) is -1.34. The number of amides is 1. The molecule has 1 amide bonds. The molecular weight excluding hydrogens is 322 g/mol. The number of nitrogens with one attached hydrogen (secondary N) is 1. The third kappa shape index (κ3) is 4.29. The van der Waals surface area contributed by atoms with Gasteiger partial charge in [-0.2, -0.15) is 0 Å². The lowest BCUT2D eigenvalue weighted by Gasteiger charge is -2.23. The van der Waals surface area contributed by atoms with E-state index in [1.54, 1.807) is 49.4 Å². The molecular formula is C19H21NO5. The van der Waals surface area contributed by atoms with Crippen LogP contribution in [-0.2, 0) is 4.79 Å². The van der Waals surface area contributed by atoms with Gasteiger partial charge in [-0.3, -0.25) is 9.59 Å². The Kier molecular flexibility index (Phi) is 6.00. The zero-order valence-electron chi connectivity index (χ0n) is 14.4. The number of ether oxygens (including phenoxy) is 2. The van der Waals surface area contributed by atoms with Crippen molar-refractivity contribution in [2.75, 3.05) is 14.2 Å². The van der Waals surface area contributed by atoms with E-state index >= 15 is 0 Å². The van der Waals surface area contributed by atoms with E-state index in [0.717, 1.165) is 0 Å². The highest BCUT2D eigenvalue weighted by Gasteiger charge is 2.28. The maximum atomic E-state index is 12.8. The van der Waals surface area contributed by atoms with Crippen LogP contribution in [0.2, 0.25) is 0 Å². The molecule has 132 valence electrons. The van der Waals surface area contributed by atoms with Gasteiger partial charge in [0.25, 0.3) is 5.91 Å². The molecule has 0 aromatic heterocycles. The normalized spacial score (nSPS) is 12.8. The summed E-state index contributed by atoms with van der Waals surface area (Å²) in [5.41, 5.74) is 0.994. The molecule has 2 aromatic carbocycles. The molecule has 0 saturated carbocycles. The van der Waals surface area contributed by atoms with Crippen molar-refractivity contribution >= 4 is 11.9 Å². The van der Waals surface area contributed by atoms with Crippen molar-refractivity contribution in [1.82, 2.24) is 5.32 Å². The molecule has 0 aliphatic heterocycles. The molecule has 6 nitrogen and oxygen atoms in total. The van der Waals surface area contributed by atoms with Gasteiger partial charge in [-0.05, 0) is 30.7 Å². The monoisotopic (exact) mass is 343 g/mol. The van der Waals surface area contributed by atoms with Crippen LogP contribution in [0.25, 0.3) is 0 Å². The largest absolute Gasteiger partial charge is 0.497 e. The fourth-order valence-corrected chi connectivity index (χ4v) is 2.51. The Balaban J connectivity index is 2.36. The van der Waals surface area contributed by atoms with E-state index in [9.17, 15) is 14.7 Å². The van der Waals surface area contributed by atoms with Crippen molar-refractivity contribution in [1.29, 1.82) is 0 Å². The van der Waals surface area contributed by atoms with E-state index in [1.165, 1.54) is 14.2 Å². The van der Waals surface area contributed by atoms with Crippen LogP contribution in [0.5, 0.6) is 11.5 Å². The lowest BCUT2D eigenvalue weighted by atomic mass is 9.94. The first-order valence-electron chi connectivity index (χ1n) is 7.78. The minimum Gasteiger partial charge on any atom is -0.497 e. The van der Waals surface area contributed by atoms with Gasteiger partial charge in [0.2, 0.25) is 0 Å². The zero-order chi connectivity index (χ0) is 18.4. The van der Waals surface area contributed by atoms with E-state index in [1.807, 2.05) is 6.07 Å². The van der Waals surface area contributed by atoms with Gasteiger partial charge in [-0.1, -0.05) is 30.3 Å². The summed E-state index contributed by atoms with van der Waals surface area (Å²) >= 11 is 0. The number of carboxylic acids is 1. The first-order valence-corrected chi connectivity index (χ1v) is 7.78. The van der Waals surface area contributed by atoms with E-state index in [-0.39, 0.29) is 5.56 Å². The van der Waals surface area contributed by atoms with E-state index in [0.29, 0.717) is 17.1 Å². The standard InChI is InChI=1S/C19H21NO5/c1-12(19(22)23)17(13-7-5-4-6-8-13)20-18(21)15-11-14(24-2)9-10-16(15)25-3/h4-12,17H,1-3H3,(H,20,21)(H,22,23). The highest BCUT2D eigenvalue weighted by molar-refractivity contribution is 5.97. The third-order valence-electron chi connectivity index (χ3n) is 3.99. The maximum Gasteiger partial charge on any atom is 0.308 e. The molecule has 25 heavy (non-hydrogen) atoms. The van der Waals surface area contributed by atoms with Gasteiger partial charge < -0.3 is 19.9 Å². The number of rotatable bonds is 7. The molecule has 0 radical (unpaired) electrons. The molecule has 0 aliphatic carbocycles.